The number of hydrogen-bond acceptors (Lipinski definition) is 4. The van der Waals surface area contributed by atoms with Crippen LogP contribution in [-0.2, 0) is 14.3 Å². The zero-order chi connectivity index (χ0) is 10.7. The summed E-state index contributed by atoms with van der Waals surface area (Å²) in [5, 5.41) is 17.5. The predicted octanol–water partition coefficient (Wildman–Crippen LogP) is 0.474. The minimum atomic E-state index is -1.21. The Kier molecular flexibility index (Phi) is 2.87. The topological polar surface area (TPSA) is 87.4 Å². The van der Waals surface area contributed by atoms with Crippen molar-refractivity contribution in [3.05, 3.63) is 11.1 Å². The molecule has 0 saturated heterocycles. The second-order valence-corrected chi connectivity index (χ2v) is 2.91. The number of hydrogen-bond donors (Lipinski definition) is 1. The van der Waals surface area contributed by atoms with Crippen molar-refractivity contribution >= 4 is 11.9 Å². The molecule has 0 spiro atoms. The van der Waals surface area contributed by atoms with Gasteiger partial charge in [-0.15, -0.1) is 0 Å². The first-order valence-electron chi connectivity index (χ1n) is 4.06. The molecule has 0 aromatic heterocycles. The van der Waals surface area contributed by atoms with Gasteiger partial charge in [-0.2, -0.15) is 5.26 Å². The Morgan fingerprint density at radius 3 is 2.71 bits per heavy atom. The smallest absolute Gasteiger partial charge is 0.334 e. The molecular formula is C9H9NO4. The minimum Gasteiger partial charge on any atom is -0.478 e. The second kappa shape index (κ2) is 3.92. The zero-order valence-corrected chi connectivity index (χ0v) is 7.61. The lowest BCUT2D eigenvalue weighted by atomic mass is 10.0. The van der Waals surface area contributed by atoms with Crippen LogP contribution in [-0.4, -0.2) is 24.2 Å². The van der Waals surface area contributed by atoms with Gasteiger partial charge in [0.15, 0.2) is 0 Å². The molecule has 1 aliphatic carbocycles. The molecule has 1 N–H and O–H groups in total. The fourth-order valence-corrected chi connectivity index (χ4v) is 1.52. The lowest BCUT2D eigenvalue weighted by Crippen LogP contribution is -2.12. The molecule has 1 unspecified atom stereocenters. The van der Waals surface area contributed by atoms with E-state index in [4.69, 9.17) is 10.4 Å². The van der Waals surface area contributed by atoms with E-state index in [1.54, 1.807) is 0 Å². The molecule has 5 nitrogen and oxygen atoms in total. The highest BCUT2D eigenvalue weighted by atomic mass is 16.5. The summed E-state index contributed by atoms with van der Waals surface area (Å²) >= 11 is 0. The first kappa shape index (κ1) is 10.3. The number of methoxy groups -OCH3 is 1. The van der Waals surface area contributed by atoms with Crippen LogP contribution in [0.2, 0.25) is 0 Å². The Labute approximate surface area is 80.6 Å². The summed E-state index contributed by atoms with van der Waals surface area (Å²) in [6, 6.07) is 1.86. The molecule has 0 aromatic carbocycles. The van der Waals surface area contributed by atoms with Gasteiger partial charge in [-0.3, -0.25) is 0 Å². The van der Waals surface area contributed by atoms with E-state index in [9.17, 15) is 9.59 Å². The number of carboxylic acids is 1. The van der Waals surface area contributed by atoms with E-state index in [0.717, 1.165) is 0 Å². The van der Waals surface area contributed by atoms with Crippen LogP contribution in [0, 0.1) is 17.2 Å². The molecule has 5 heteroatoms. The lowest BCUT2D eigenvalue weighted by molar-refractivity contribution is -0.138. The molecule has 0 radical (unpaired) electrons. The van der Waals surface area contributed by atoms with E-state index >= 15 is 0 Å². The molecular weight excluding hydrogens is 186 g/mol. The standard InChI is InChI=1S/C9H9NO4/c1-14-9(13)6-3-2-5(4-10)7(6)8(11)12/h5H,2-3H2,1H3,(H,11,12). The van der Waals surface area contributed by atoms with Crippen LogP contribution in [0.3, 0.4) is 0 Å². The van der Waals surface area contributed by atoms with Crippen molar-refractivity contribution in [1.82, 2.24) is 0 Å². The highest BCUT2D eigenvalue weighted by Gasteiger charge is 2.34. The van der Waals surface area contributed by atoms with Crippen molar-refractivity contribution in [3.8, 4) is 6.07 Å². The van der Waals surface area contributed by atoms with E-state index in [0.29, 0.717) is 12.8 Å². The monoisotopic (exact) mass is 195 g/mol. The quantitative estimate of drug-likeness (QED) is 0.647. The van der Waals surface area contributed by atoms with Gasteiger partial charge >= 0.3 is 11.9 Å². The van der Waals surface area contributed by atoms with Crippen molar-refractivity contribution < 1.29 is 19.4 Å². The van der Waals surface area contributed by atoms with Crippen molar-refractivity contribution in [2.24, 2.45) is 5.92 Å². The fourth-order valence-electron chi connectivity index (χ4n) is 1.52. The number of carbonyl (C=O) groups excluding carboxylic acids is 1. The lowest BCUT2D eigenvalue weighted by Gasteiger charge is -2.02. The molecule has 1 atom stereocenters. The van der Waals surface area contributed by atoms with Crippen molar-refractivity contribution in [1.29, 1.82) is 5.26 Å². The van der Waals surface area contributed by atoms with Crippen LogP contribution >= 0.6 is 0 Å². The highest BCUT2D eigenvalue weighted by molar-refractivity contribution is 6.01. The maximum absolute atomic E-state index is 11.1. The Hall–Kier alpha value is -1.83. The number of nitriles is 1. The van der Waals surface area contributed by atoms with E-state index in [1.807, 2.05) is 6.07 Å². The summed E-state index contributed by atoms with van der Waals surface area (Å²) in [7, 11) is 1.19. The largest absolute Gasteiger partial charge is 0.478 e. The number of carbonyl (C=O) groups is 2. The first-order valence-corrected chi connectivity index (χ1v) is 4.06. The van der Waals surface area contributed by atoms with Gasteiger partial charge in [-0.1, -0.05) is 0 Å². The molecule has 74 valence electrons. The number of ether oxygens (including phenoxy) is 1. The SMILES string of the molecule is COC(=O)C1=C(C(=O)O)C(C#N)CC1. The van der Waals surface area contributed by atoms with E-state index in [1.165, 1.54) is 7.11 Å². The third kappa shape index (κ3) is 1.59. The van der Waals surface area contributed by atoms with Crippen LogP contribution in [0.5, 0.6) is 0 Å². The Balaban J connectivity index is 3.11. The normalized spacial score (nSPS) is 20.4. The minimum absolute atomic E-state index is 0.112. The van der Waals surface area contributed by atoms with Crippen LogP contribution in [0.15, 0.2) is 11.1 Å². The summed E-state index contributed by atoms with van der Waals surface area (Å²) < 4.78 is 4.44. The molecule has 1 rings (SSSR count). The molecule has 0 fully saturated rings. The summed E-state index contributed by atoms with van der Waals surface area (Å²) in [5.74, 6) is -2.56. The molecule has 1 aliphatic rings. The van der Waals surface area contributed by atoms with Gasteiger partial charge in [0.25, 0.3) is 0 Å². The average molecular weight is 195 g/mol. The van der Waals surface area contributed by atoms with E-state index < -0.39 is 17.9 Å². The third-order valence-corrected chi connectivity index (χ3v) is 2.17. The fraction of sp³-hybridized carbons (Fsp3) is 0.444. The predicted molar refractivity (Wildman–Crippen MR) is 45.0 cm³/mol. The van der Waals surface area contributed by atoms with E-state index in [2.05, 4.69) is 4.74 Å². The van der Waals surface area contributed by atoms with Gasteiger partial charge in [0.2, 0.25) is 0 Å². The summed E-state index contributed by atoms with van der Waals surface area (Å²) in [6.07, 6.45) is 0.676. The summed E-state index contributed by atoms with van der Waals surface area (Å²) in [5.41, 5.74) is 0.00546. The van der Waals surface area contributed by atoms with Crippen LogP contribution < -0.4 is 0 Å². The number of esters is 1. The molecule has 0 heterocycles. The van der Waals surface area contributed by atoms with Crippen LogP contribution in [0.25, 0.3) is 0 Å². The second-order valence-electron chi connectivity index (χ2n) is 2.91. The van der Waals surface area contributed by atoms with Gasteiger partial charge < -0.3 is 9.84 Å². The highest BCUT2D eigenvalue weighted by Crippen LogP contribution is 2.32. The van der Waals surface area contributed by atoms with Gasteiger partial charge in [0.1, 0.15) is 0 Å². The number of carboxylic acid groups (broad SMARTS) is 1. The maximum atomic E-state index is 11.1. The summed E-state index contributed by atoms with van der Waals surface area (Å²) in [4.78, 5) is 21.9. The summed E-state index contributed by atoms with van der Waals surface area (Å²) in [6.45, 7) is 0. The van der Waals surface area contributed by atoms with Gasteiger partial charge in [0.05, 0.1) is 24.7 Å². The Morgan fingerprint density at radius 1 is 1.64 bits per heavy atom. The first-order chi connectivity index (χ1) is 6.61. The average Bonchev–Trinajstić information content (AvgIpc) is 2.59. The molecule has 0 bridgehead atoms. The number of aliphatic carboxylic acids is 1. The van der Waals surface area contributed by atoms with E-state index in [-0.39, 0.29) is 11.1 Å². The van der Waals surface area contributed by atoms with Crippen molar-refractivity contribution in [2.45, 2.75) is 12.8 Å². The van der Waals surface area contributed by atoms with Gasteiger partial charge in [-0.05, 0) is 12.8 Å². The maximum Gasteiger partial charge on any atom is 0.334 e. The Morgan fingerprint density at radius 2 is 2.29 bits per heavy atom. The number of rotatable bonds is 2. The molecule has 0 aromatic rings. The molecule has 0 saturated carbocycles. The molecule has 0 amide bonds. The molecule has 0 aliphatic heterocycles. The number of nitrogens with zero attached hydrogens (tertiary/aromatic N) is 1. The van der Waals surface area contributed by atoms with Crippen LogP contribution in [0.4, 0.5) is 0 Å². The van der Waals surface area contributed by atoms with Gasteiger partial charge in [0, 0.05) is 5.57 Å². The third-order valence-electron chi connectivity index (χ3n) is 2.17. The Bertz CT molecular complexity index is 350. The zero-order valence-electron chi connectivity index (χ0n) is 7.61. The van der Waals surface area contributed by atoms with Crippen molar-refractivity contribution in [3.63, 3.8) is 0 Å². The van der Waals surface area contributed by atoms with Gasteiger partial charge in [-0.25, -0.2) is 9.59 Å². The van der Waals surface area contributed by atoms with Crippen molar-refractivity contribution in [2.75, 3.05) is 7.11 Å². The molecule has 14 heavy (non-hydrogen) atoms. The van der Waals surface area contributed by atoms with Crippen LogP contribution in [0.1, 0.15) is 12.8 Å².